The summed E-state index contributed by atoms with van der Waals surface area (Å²) in [6.07, 6.45) is -26.6. The third-order valence-electron chi connectivity index (χ3n) is 5.16. The number of rotatable bonds is 16. The molecule has 0 saturated heterocycles. The number of hydrogen-bond acceptors (Lipinski definition) is 4. The topological polar surface area (TPSA) is 52.6 Å². The van der Waals surface area contributed by atoms with Gasteiger partial charge >= 0.3 is 59.8 Å². The van der Waals surface area contributed by atoms with E-state index in [0.717, 1.165) is 0 Å². The maximum Gasteiger partial charge on any atom is 0.460 e. The second kappa shape index (κ2) is 13.3. The molecule has 0 bridgehead atoms. The average molecular weight is 736 g/mol. The minimum absolute atomic E-state index is 0.140. The Balaban J connectivity index is 5.04. The Hall–Kier alpha value is -2.86. The molecule has 0 spiro atoms. The number of esters is 2. The quantitative estimate of drug-likeness (QED) is 0.0909. The zero-order valence-electron chi connectivity index (χ0n) is 21.3. The van der Waals surface area contributed by atoms with Gasteiger partial charge in [-0.2, -0.15) is 79.0 Å². The highest BCUT2D eigenvalue weighted by molar-refractivity contribution is 5.91. The summed E-state index contributed by atoms with van der Waals surface area (Å²) in [4.78, 5) is 22.6. The number of carbonyl (C=O) groups is 2. The number of ether oxygens (including phenoxy) is 2. The summed E-state index contributed by atoms with van der Waals surface area (Å²) >= 11 is 0. The monoisotopic (exact) mass is 736 g/mol. The molecule has 0 aromatic carbocycles. The summed E-state index contributed by atoms with van der Waals surface area (Å²) in [5, 5.41) is 0. The minimum atomic E-state index is -7.48. The highest BCUT2D eigenvalue weighted by atomic mass is 19.4. The molecule has 0 fully saturated rings. The predicted molar refractivity (Wildman–Crippen MR) is 101 cm³/mol. The maximum absolute atomic E-state index is 13.6. The first-order chi connectivity index (χ1) is 19.9. The van der Waals surface area contributed by atoms with Crippen molar-refractivity contribution in [2.75, 3.05) is 13.2 Å². The van der Waals surface area contributed by atoms with Crippen molar-refractivity contribution < 1.29 is 116 Å². The van der Waals surface area contributed by atoms with E-state index in [4.69, 9.17) is 0 Å². The molecule has 0 unspecified atom stereocenters. The highest BCUT2D eigenvalue weighted by Crippen LogP contribution is 2.57. The van der Waals surface area contributed by atoms with Gasteiger partial charge in [0.1, 0.15) is 0 Å². The molecule has 0 heterocycles. The van der Waals surface area contributed by atoms with E-state index in [0.29, 0.717) is 0 Å². The molecule has 0 rings (SSSR count). The molecule has 0 aliphatic carbocycles. The first kappa shape index (κ1) is 43.1. The van der Waals surface area contributed by atoms with Crippen LogP contribution in [-0.4, -0.2) is 84.9 Å². The van der Waals surface area contributed by atoms with Crippen LogP contribution in [0.25, 0.3) is 0 Å². The summed E-state index contributed by atoms with van der Waals surface area (Å²) in [5.41, 5.74) is 0. The third kappa shape index (κ3) is 9.82. The number of carbonyl (C=O) groups excluding carboxylic acids is 2. The standard InChI is InChI=1S/C20H14F22O4/c21-11(22,7-13(25,26)15(29,30)17(33,34)19(37,38)39)3-5-45-9(43)1-2-10(44)46-6-4-12(23,24)8-14(27,28)16(31,32)18(35,36)20(40,41)42/h1-2H,3-8H2/b2-1-. The van der Waals surface area contributed by atoms with Crippen LogP contribution in [-0.2, 0) is 19.1 Å². The summed E-state index contributed by atoms with van der Waals surface area (Å²) in [7, 11) is 0. The first-order valence-electron chi connectivity index (χ1n) is 11.1. The van der Waals surface area contributed by atoms with E-state index in [1.54, 1.807) is 0 Å². The molecular weight excluding hydrogens is 722 g/mol. The Bertz CT molecular complexity index is 1000. The van der Waals surface area contributed by atoms with Crippen molar-refractivity contribution in [2.24, 2.45) is 0 Å². The Morgan fingerprint density at radius 2 is 0.652 bits per heavy atom. The van der Waals surface area contributed by atoms with Gasteiger partial charge in [-0.25, -0.2) is 27.2 Å². The second-order valence-corrected chi connectivity index (χ2v) is 8.94. The van der Waals surface area contributed by atoms with E-state index in [1.807, 2.05) is 0 Å². The summed E-state index contributed by atoms with van der Waals surface area (Å²) < 4.78 is 291. The van der Waals surface area contributed by atoms with E-state index in [-0.39, 0.29) is 12.2 Å². The van der Waals surface area contributed by atoms with Crippen molar-refractivity contribution in [1.29, 1.82) is 0 Å². The molecule has 0 N–H and O–H groups in total. The van der Waals surface area contributed by atoms with Crippen molar-refractivity contribution in [3.05, 3.63) is 12.2 Å². The second-order valence-electron chi connectivity index (χ2n) is 8.94. The molecule has 0 aromatic heterocycles. The molecule has 0 radical (unpaired) electrons. The summed E-state index contributed by atoms with van der Waals surface area (Å²) in [6, 6.07) is 0. The van der Waals surface area contributed by atoms with Crippen LogP contribution in [0.4, 0.5) is 96.6 Å². The van der Waals surface area contributed by atoms with Crippen molar-refractivity contribution in [3.63, 3.8) is 0 Å². The van der Waals surface area contributed by atoms with E-state index >= 15 is 0 Å². The lowest BCUT2D eigenvalue weighted by atomic mass is 9.97. The van der Waals surface area contributed by atoms with Crippen LogP contribution >= 0.6 is 0 Å². The van der Waals surface area contributed by atoms with Gasteiger partial charge in [0.05, 0.1) is 26.1 Å². The fraction of sp³-hybridized carbons (Fsp3) is 0.800. The van der Waals surface area contributed by atoms with Gasteiger partial charge in [-0.15, -0.1) is 0 Å². The molecule has 0 saturated carbocycles. The summed E-state index contributed by atoms with van der Waals surface area (Å²) in [5.74, 6) is -57.4. The fourth-order valence-electron chi connectivity index (χ4n) is 2.70. The molecule has 4 nitrogen and oxygen atoms in total. The Kier molecular flexibility index (Phi) is 12.5. The van der Waals surface area contributed by atoms with Gasteiger partial charge in [0.15, 0.2) is 0 Å². The lowest BCUT2D eigenvalue weighted by Crippen LogP contribution is -2.61. The van der Waals surface area contributed by atoms with E-state index < -0.39 is 111 Å². The van der Waals surface area contributed by atoms with Gasteiger partial charge < -0.3 is 9.47 Å². The summed E-state index contributed by atoms with van der Waals surface area (Å²) in [6.45, 7) is -3.55. The van der Waals surface area contributed by atoms with Gasteiger partial charge in [-0.1, -0.05) is 0 Å². The van der Waals surface area contributed by atoms with Gasteiger partial charge in [-0.05, 0) is 0 Å². The van der Waals surface area contributed by atoms with Crippen LogP contribution < -0.4 is 0 Å². The van der Waals surface area contributed by atoms with Crippen molar-refractivity contribution in [3.8, 4) is 0 Å². The molecule has 0 amide bonds. The SMILES string of the molecule is O=C(/C=C\C(=O)OCCC(F)(F)CC(F)(F)C(F)(F)C(F)(F)C(F)(F)F)OCCC(F)(F)CC(F)(F)C(F)(F)C(F)(F)C(F)(F)F. The fourth-order valence-corrected chi connectivity index (χ4v) is 2.70. The van der Waals surface area contributed by atoms with Crippen LogP contribution in [0, 0.1) is 0 Å². The smallest absolute Gasteiger partial charge is 0.460 e. The average Bonchev–Trinajstić information content (AvgIpc) is 2.79. The highest BCUT2D eigenvalue weighted by Gasteiger charge is 2.83. The third-order valence-corrected chi connectivity index (χ3v) is 5.16. The molecule has 0 aliphatic heterocycles. The maximum atomic E-state index is 13.6. The van der Waals surface area contributed by atoms with Crippen LogP contribution in [0.2, 0.25) is 0 Å². The van der Waals surface area contributed by atoms with Crippen molar-refractivity contribution in [1.82, 2.24) is 0 Å². The number of hydrogen-bond donors (Lipinski definition) is 0. The van der Waals surface area contributed by atoms with Crippen molar-refractivity contribution in [2.45, 2.75) is 85.4 Å². The molecule has 0 aromatic rings. The van der Waals surface area contributed by atoms with Crippen LogP contribution in [0.1, 0.15) is 25.7 Å². The Morgan fingerprint density at radius 3 is 0.870 bits per heavy atom. The molecule has 46 heavy (non-hydrogen) atoms. The van der Waals surface area contributed by atoms with E-state index in [9.17, 15) is 106 Å². The van der Waals surface area contributed by atoms with E-state index in [1.165, 1.54) is 0 Å². The largest absolute Gasteiger partial charge is 0.462 e. The van der Waals surface area contributed by atoms with Gasteiger partial charge in [0.2, 0.25) is 0 Å². The predicted octanol–water partition coefficient (Wildman–Crippen LogP) is 8.40. The molecule has 0 aliphatic rings. The minimum Gasteiger partial charge on any atom is -0.462 e. The van der Waals surface area contributed by atoms with Crippen LogP contribution in [0.3, 0.4) is 0 Å². The Labute approximate surface area is 239 Å². The van der Waals surface area contributed by atoms with E-state index in [2.05, 4.69) is 9.47 Å². The van der Waals surface area contributed by atoms with Gasteiger partial charge in [0.25, 0.3) is 11.8 Å². The zero-order chi connectivity index (χ0) is 37.2. The molecular formula is C20H14F22O4. The van der Waals surface area contributed by atoms with Crippen LogP contribution in [0.5, 0.6) is 0 Å². The van der Waals surface area contributed by atoms with Gasteiger partial charge in [0, 0.05) is 25.0 Å². The lowest BCUT2D eigenvalue weighted by molar-refractivity contribution is -0.401. The van der Waals surface area contributed by atoms with Gasteiger partial charge in [-0.3, -0.25) is 0 Å². The zero-order valence-corrected chi connectivity index (χ0v) is 21.3. The number of halogens is 22. The first-order valence-corrected chi connectivity index (χ1v) is 11.1. The van der Waals surface area contributed by atoms with Crippen LogP contribution in [0.15, 0.2) is 12.2 Å². The molecule has 26 heteroatoms. The molecule has 272 valence electrons. The normalized spacial score (nSPS) is 15.3. The molecule has 0 atom stereocenters. The lowest BCUT2D eigenvalue weighted by Gasteiger charge is -2.35. The van der Waals surface area contributed by atoms with Crippen molar-refractivity contribution >= 4 is 11.9 Å². The number of alkyl halides is 22. The Morgan fingerprint density at radius 1 is 0.413 bits per heavy atom.